The van der Waals surface area contributed by atoms with Crippen LogP contribution in [0.25, 0.3) is 0 Å². The molecule has 3 heterocycles. The standard InChI is InChI=1S/C17H20N2O3S/c1-2-13-12-7-11-23-15(12)6-9-19(13)16(20)5-8-18-17(21)14-4-3-10-22-14/h3-4,7,10-11,13H,2,5-6,8-9H2,1H3,(H,18,21). The second-order valence-corrected chi connectivity index (χ2v) is 6.54. The van der Waals surface area contributed by atoms with Crippen LogP contribution in [-0.4, -0.2) is 29.8 Å². The molecule has 0 saturated carbocycles. The number of furan rings is 1. The van der Waals surface area contributed by atoms with Crippen LogP contribution in [0.5, 0.6) is 0 Å². The molecule has 1 atom stereocenters. The van der Waals surface area contributed by atoms with Crippen LogP contribution in [0.1, 0.15) is 46.8 Å². The minimum atomic E-state index is -0.284. The summed E-state index contributed by atoms with van der Waals surface area (Å²) in [6.45, 7) is 3.19. The molecule has 3 rings (SSSR count). The number of thiophene rings is 1. The molecule has 6 heteroatoms. The fourth-order valence-electron chi connectivity index (χ4n) is 3.06. The Labute approximate surface area is 139 Å². The van der Waals surface area contributed by atoms with Crippen LogP contribution in [0.3, 0.4) is 0 Å². The summed E-state index contributed by atoms with van der Waals surface area (Å²) in [5.74, 6) is 0.0758. The summed E-state index contributed by atoms with van der Waals surface area (Å²) in [5.41, 5.74) is 1.29. The van der Waals surface area contributed by atoms with Crippen LogP contribution in [-0.2, 0) is 11.2 Å². The quantitative estimate of drug-likeness (QED) is 0.915. The highest BCUT2D eigenvalue weighted by atomic mass is 32.1. The summed E-state index contributed by atoms with van der Waals surface area (Å²) in [6.07, 6.45) is 3.60. The fourth-order valence-corrected chi connectivity index (χ4v) is 3.98. The molecule has 1 aliphatic heterocycles. The maximum absolute atomic E-state index is 12.5. The van der Waals surface area contributed by atoms with Gasteiger partial charge in [0.1, 0.15) is 0 Å². The van der Waals surface area contributed by atoms with Crippen LogP contribution in [0.4, 0.5) is 0 Å². The predicted molar refractivity (Wildman–Crippen MR) is 88.4 cm³/mol. The van der Waals surface area contributed by atoms with Gasteiger partial charge in [-0.25, -0.2) is 0 Å². The van der Waals surface area contributed by atoms with Gasteiger partial charge in [0.25, 0.3) is 5.91 Å². The van der Waals surface area contributed by atoms with E-state index >= 15 is 0 Å². The molecule has 2 amide bonds. The van der Waals surface area contributed by atoms with Gasteiger partial charge in [-0.05, 0) is 42.0 Å². The van der Waals surface area contributed by atoms with Crippen LogP contribution >= 0.6 is 11.3 Å². The van der Waals surface area contributed by atoms with Gasteiger partial charge in [0, 0.05) is 24.4 Å². The lowest BCUT2D eigenvalue weighted by atomic mass is 9.97. The van der Waals surface area contributed by atoms with Crippen LogP contribution < -0.4 is 5.32 Å². The fraction of sp³-hybridized carbons (Fsp3) is 0.412. The third kappa shape index (κ3) is 3.32. The molecule has 1 aliphatic rings. The number of fused-ring (bicyclic) bond motifs is 1. The Morgan fingerprint density at radius 2 is 2.30 bits per heavy atom. The molecule has 1 N–H and O–H groups in total. The maximum Gasteiger partial charge on any atom is 0.286 e. The summed E-state index contributed by atoms with van der Waals surface area (Å²) >= 11 is 1.77. The lowest BCUT2D eigenvalue weighted by Gasteiger charge is -2.35. The first-order chi connectivity index (χ1) is 11.2. The SMILES string of the molecule is CCC1c2ccsc2CCN1C(=O)CCNC(=O)c1ccco1. The van der Waals surface area contributed by atoms with Gasteiger partial charge in [-0.1, -0.05) is 6.92 Å². The Balaban J connectivity index is 1.55. The summed E-state index contributed by atoms with van der Waals surface area (Å²) in [6, 6.07) is 5.57. The molecule has 0 aliphatic carbocycles. The molecule has 0 spiro atoms. The third-order valence-electron chi connectivity index (χ3n) is 4.17. The average Bonchev–Trinajstić information content (AvgIpc) is 3.24. The number of hydrogen-bond acceptors (Lipinski definition) is 4. The first-order valence-electron chi connectivity index (χ1n) is 7.88. The lowest BCUT2D eigenvalue weighted by molar-refractivity contribution is -0.134. The highest BCUT2D eigenvalue weighted by Crippen LogP contribution is 2.35. The zero-order valence-corrected chi connectivity index (χ0v) is 13.9. The molecular weight excluding hydrogens is 312 g/mol. The minimum absolute atomic E-state index is 0.0912. The Hall–Kier alpha value is -2.08. The van der Waals surface area contributed by atoms with E-state index in [1.165, 1.54) is 16.7 Å². The van der Waals surface area contributed by atoms with Crippen molar-refractivity contribution in [3.8, 4) is 0 Å². The topological polar surface area (TPSA) is 62.6 Å². The van der Waals surface area contributed by atoms with Gasteiger partial charge in [-0.2, -0.15) is 0 Å². The molecule has 0 radical (unpaired) electrons. The van der Waals surface area contributed by atoms with E-state index in [1.54, 1.807) is 23.5 Å². The Morgan fingerprint density at radius 3 is 3.04 bits per heavy atom. The van der Waals surface area contributed by atoms with Crippen molar-refractivity contribution in [1.82, 2.24) is 10.2 Å². The van der Waals surface area contributed by atoms with Crippen LogP contribution in [0.15, 0.2) is 34.3 Å². The van der Waals surface area contributed by atoms with E-state index in [9.17, 15) is 9.59 Å². The molecule has 0 aromatic carbocycles. The van der Waals surface area contributed by atoms with Crippen molar-refractivity contribution in [2.45, 2.75) is 32.2 Å². The van der Waals surface area contributed by atoms with Gasteiger partial charge in [-0.15, -0.1) is 11.3 Å². The van der Waals surface area contributed by atoms with E-state index in [1.807, 2.05) is 4.90 Å². The van der Waals surface area contributed by atoms with Gasteiger partial charge in [0.15, 0.2) is 5.76 Å². The van der Waals surface area contributed by atoms with E-state index in [-0.39, 0.29) is 23.6 Å². The van der Waals surface area contributed by atoms with Crippen LogP contribution in [0.2, 0.25) is 0 Å². The maximum atomic E-state index is 12.5. The van der Waals surface area contributed by atoms with E-state index < -0.39 is 0 Å². The normalized spacial score (nSPS) is 16.9. The number of amides is 2. The lowest BCUT2D eigenvalue weighted by Crippen LogP contribution is -2.40. The zero-order valence-electron chi connectivity index (χ0n) is 13.1. The van der Waals surface area contributed by atoms with Gasteiger partial charge in [-0.3, -0.25) is 9.59 Å². The minimum Gasteiger partial charge on any atom is -0.459 e. The van der Waals surface area contributed by atoms with Crippen molar-refractivity contribution in [1.29, 1.82) is 0 Å². The summed E-state index contributed by atoms with van der Waals surface area (Å²) in [5, 5.41) is 4.83. The number of rotatable bonds is 5. The van der Waals surface area contributed by atoms with Crippen molar-refractivity contribution in [3.63, 3.8) is 0 Å². The van der Waals surface area contributed by atoms with Crippen molar-refractivity contribution >= 4 is 23.2 Å². The monoisotopic (exact) mass is 332 g/mol. The molecule has 0 bridgehead atoms. The second kappa shape index (κ2) is 7.00. The average molecular weight is 332 g/mol. The zero-order chi connectivity index (χ0) is 16.2. The van der Waals surface area contributed by atoms with Crippen molar-refractivity contribution < 1.29 is 14.0 Å². The van der Waals surface area contributed by atoms with Crippen molar-refractivity contribution in [2.75, 3.05) is 13.1 Å². The molecular formula is C17H20N2O3S. The Bertz CT molecular complexity index is 678. The highest BCUT2D eigenvalue weighted by Gasteiger charge is 2.29. The molecule has 5 nitrogen and oxygen atoms in total. The third-order valence-corrected chi connectivity index (χ3v) is 5.17. The van der Waals surface area contributed by atoms with Gasteiger partial charge >= 0.3 is 0 Å². The summed E-state index contributed by atoms with van der Waals surface area (Å²) < 4.78 is 5.03. The number of carbonyl (C=O) groups is 2. The number of carbonyl (C=O) groups excluding carboxylic acids is 2. The van der Waals surface area contributed by atoms with E-state index in [4.69, 9.17) is 4.42 Å². The molecule has 2 aromatic rings. The van der Waals surface area contributed by atoms with Gasteiger partial charge in [0.05, 0.1) is 12.3 Å². The van der Waals surface area contributed by atoms with Gasteiger partial charge < -0.3 is 14.6 Å². The molecule has 23 heavy (non-hydrogen) atoms. The number of hydrogen-bond donors (Lipinski definition) is 1. The number of nitrogens with one attached hydrogen (secondary N) is 1. The van der Waals surface area contributed by atoms with Crippen molar-refractivity contribution in [3.05, 3.63) is 46.0 Å². The molecule has 1 unspecified atom stereocenters. The van der Waals surface area contributed by atoms with E-state index in [0.717, 1.165) is 19.4 Å². The molecule has 2 aromatic heterocycles. The van der Waals surface area contributed by atoms with Crippen molar-refractivity contribution in [2.24, 2.45) is 0 Å². The molecule has 0 saturated heterocycles. The smallest absolute Gasteiger partial charge is 0.286 e. The van der Waals surface area contributed by atoms with E-state index in [2.05, 4.69) is 23.7 Å². The highest BCUT2D eigenvalue weighted by molar-refractivity contribution is 7.10. The van der Waals surface area contributed by atoms with E-state index in [0.29, 0.717) is 13.0 Å². The van der Waals surface area contributed by atoms with Crippen LogP contribution in [0, 0.1) is 0 Å². The summed E-state index contributed by atoms with van der Waals surface area (Å²) in [7, 11) is 0. The Kier molecular flexibility index (Phi) is 4.81. The largest absolute Gasteiger partial charge is 0.459 e. The number of nitrogens with zero attached hydrogens (tertiary/aromatic N) is 1. The molecule has 122 valence electrons. The first kappa shape index (κ1) is 15.8. The molecule has 0 fully saturated rings. The Morgan fingerprint density at radius 1 is 1.43 bits per heavy atom. The second-order valence-electron chi connectivity index (χ2n) is 5.54. The predicted octanol–water partition coefficient (Wildman–Crippen LogP) is 3.00. The van der Waals surface area contributed by atoms with Gasteiger partial charge in [0.2, 0.25) is 5.91 Å². The first-order valence-corrected chi connectivity index (χ1v) is 8.76. The summed E-state index contributed by atoms with van der Waals surface area (Å²) in [4.78, 5) is 27.7.